The van der Waals surface area contributed by atoms with E-state index < -0.39 is 98.3 Å². The molecule has 0 spiro atoms. The molecule has 0 aromatic rings. The van der Waals surface area contributed by atoms with Gasteiger partial charge in [-0.15, -0.1) is 0 Å². The summed E-state index contributed by atoms with van der Waals surface area (Å²) in [6.45, 7) is 15.1. The molecule has 63 heavy (non-hydrogen) atoms. The maximum Gasteiger partial charge on any atom is 0.303 e. The average molecular weight is 875 g/mol. The molecule has 0 aromatic heterocycles. The number of nitrogens with zero attached hydrogens (tertiary/aromatic N) is 3. The van der Waals surface area contributed by atoms with Crippen molar-refractivity contribution in [3.8, 4) is 0 Å². The van der Waals surface area contributed by atoms with Gasteiger partial charge in [0.1, 0.15) is 0 Å². The molecule has 5 aliphatic rings. The number of aliphatic carboxylic acids is 1. The maximum atomic E-state index is 13.4. The molecule has 1 unspecified atom stereocenters. The van der Waals surface area contributed by atoms with Gasteiger partial charge in [-0.2, -0.15) is 0 Å². The zero-order valence-electron chi connectivity index (χ0n) is 37.9. The van der Waals surface area contributed by atoms with Crippen molar-refractivity contribution >= 4 is 58.5 Å². The van der Waals surface area contributed by atoms with Crippen LogP contribution in [0, 0.1) is 45.3 Å². The summed E-state index contributed by atoms with van der Waals surface area (Å²) in [4.78, 5) is 106. The fourth-order valence-electron chi connectivity index (χ4n) is 11.9. The number of aliphatic imine (C=N–C) groups is 3. The van der Waals surface area contributed by atoms with E-state index in [1.54, 1.807) is 0 Å². The van der Waals surface area contributed by atoms with Gasteiger partial charge < -0.3 is 44.8 Å². The van der Waals surface area contributed by atoms with Crippen LogP contribution in [0.3, 0.4) is 0 Å². The van der Waals surface area contributed by atoms with Gasteiger partial charge in [0.2, 0.25) is 35.4 Å². The van der Waals surface area contributed by atoms with Crippen LogP contribution >= 0.6 is 0 Å². The van der Waals surface area contributed by atoms with Crippen LogP contribution in [0.2, 0.25) is 0 Å². The number of carboxylic acid groups (broad SMARTS) is 1. The zero-order chi connectivity index (χ0) is 47.4. The highest BCUT2D eigenvalue weighted by Gasteiger charge is 2.66. The summed E-state index contributed by atoms with van der Waals surface area (Å²) in [5, 5.41) is 13.8. The smallest absolute Gasteiger partial charge is 0.303 e. The molecule has 344 valence electrons. The van der Waals surface area contributed by atoms with Crippen molar-refractivity contribution in [3.05, 3.63) is 34.3 Å². The lowest BCUT2D eigenvalue weighted by Gasteiger charge is -2.48. The third kappa shape index (κ3) is 8.56. The van der Waals surface area contributed by atoms with Gasteiger partial charge in [-0.05, 0) is 63.7 Å². The van der Waals surface area contributed by atoms with Crippen LogP contribution in [0.4, 0.5) is 0 Å². The highest BCUT2D eigenvalue weighted by molar-refractivity contribution is 6.10. The lowest BCUT2D eigenvalue weighted by atomic mass is 9.55. The van der Waals surface area contributed by atoms with Gasteiger partial charge in [0, 0.05) is 125 Å². The van der Waals surface area contributed by atoms with Gasteiger partial charge in [-0.1, -0.05) is 34.6 Å². The molecule has 9 atom stereocenters. The fourth-order valence-corrected chi connectivity index (χ4v) is 11.9. The first kappa shape index (κ1) is 48.4. The molecule has 18 heteroatoms. The Hall–Kier alpha value is -5.68. The lowest BCUT2D eigenvalue weighted by Crippen LogP contribution is -2.56. The normalized spacial score (nSPS) is 36.2. The number of fused-ring (bicyclic) bond motifs is 6. The Balaban J connectivity index is 2.03. The number of hydrogen-bond donors (Lipinski definition) is 8. The molecule has 0 aliphatic carbocycles. The molecule has 1 fully saturated rings. The van der Waals surface area contributed by atoms with Crippen LogP contribution in [0.15, 0.2) is 49.3 Å². The Bertz CT molecular complexity index is 2220. The molecule has 8 bridgehead atoms. The van der Waals surface area contributed by atoms with Crippen molar-refractivity contribution in [2.45, 2.75) is 138 Å². The van der Waals surface area contributed by atoms with Gasteiger partial charge in [0.25, 0.3) is 0 Å². The molecule has 6 amide bonds. The first-order chi connectivity index (χ1) is 29.0. The Morgan fingerprint density at radius 2 is 1.22 bits per heavy atom. The Morgan fingerprint density at radius 1 is 0.683 bits per heavy atom. The van der Waals surface area contributed by atoms with Crippen molar-refractivity contribution in [1.29, 1.82) is 0 Å². The van der Waals surface area contributed by atoms with Crippen molar-refractivity contribution < 1.29 is 38.7 Å². The van der Waals surface area contributed by atoms with Crippen LogP contribution in [0.5, 0.6) is 0 Å². The number of allylic oxidation sites excluding steroid dienone is 6. The predicted octanol–water partition coefficient (Wildman–Crippen LogP) is 2.32. The topological polar surface area (TPSA) is 345 Å². The number of amides is 6. The van der Waals surface area contributed by atoms with Gasteiger partial charge in [-0.3, -0.25) is 48.5 Å². The first-order valence-electron chi connectivity index (χ1n) is 21.6. The minimum atomic E-state index is -1.39. The molecule has 18 nitrogen and oxygen atoms in total. The van der Waals surface area contributed by atoms with Crippen molar-refractivity contribution in [3.63, 3.8) is 0 Å². The standard InChI is InChI=1S/C45H66N10O8/c1-21-36-24(10-13-30(47)57)41(3,4)28(53-36)18-27-23(9-12-29(46)56)43(6,19-33(50)60)39(52-27)22(2)37-25(11-14-31(48)58)44(7,20-34(51)61)45(8,55-37)40-26(17-32(49)59)42(5,38(21)54-40)16-15-35(62)63/h18,23-26,40,52H,9-17,19-20H2,1-8H3,(H2,46,56)(H2,47,57)(H2,48,58)(H2,49,59)(H2,50,60)(H2,51,61)(H,62,63)/b27-18-,36-21-,39-22-/t23-,24-,25-,26+,40?,42-,43+,44+,45-/m1/s1. The monoisotopic (exact) mass is 875 g/mol. The van der Waals surface area contributed by atoms with Gasteiger partial charge in [0.15, 0.2) is 0 Å². The highest BCUT2D eigenvalue weighted by Crippen LogP contribution is 2.62. The van der Waals surface area contributed by atoms with E-state index in [9.17, 15) is 38.7 Å². The van der Waals surface area contributed by atoms with E-state index >= 15 is 0 Å². The molecule has 0 aromatic carbocycles. The minimum Gasteiger partial charge on any atom is -0.481 e. The van der Waals surface area contributed by atoms with Crippen LogP contribution in [0.25, 0.3) is 0 Å². The van der Waals surface area contributed by atoms with Gasteiger partial charge in [0.05, 0.1) is 11.6 Å². The van der Waals surface area contributed by atoms with E-state index in [1.807, 2.05) is 61.5 Å². The summed E-state index contributed by atoms with van der Waals surface area (Å²) in [7, 11) is 0. The number of hydrogen-bond acceptors (Lipinski definition) is 11. The minimum absolute atomic E-state index is 0.0237. The molecular formula is C45H66N10O8. The molecule has 5 aliphatic heterocycles. The summed E-state index contributed by atoms with van der Waals surface area (Å²) < 4.78 is 0. The summed E-state index contributed by atoms with van der Waals surface area (Å²) in [5.74, 6) is -7.06. The summed E-state index contributed by atoms with van der Waals surface area (Å²) in [6.07, 6.45) is 1.58. The molecule has 5 rings (SSSR count). The second kappa shape index (κ2) is 17.1. The van der Waals surface area contributed by atoms with Crippen LogP contribution in [-0.4, -0.2) is 75.2 Å². The average Bonchev–Trinajstić information content (AvgIpc) is 3.75. The third-order valence-electron chi connectivity index (χ3n) is 15.5. The number of carbonyl (C=O) groups is 7. The number of carbonyl (C=O) groups excluding carboxylic acids is 6. The second-order valence-electron chi connectivity index (χ2n) is 19.9. The predicted molar refractivity (Wildman–Crippen MR) is 237 cm³/mol. The van der Waals surface area contributed by atoms with E-state index in [1.165, 1.54) is 0 Å². The van der Waals surface area contributed by atoms with Crippen LogP contribution in [0.1, 0.15) is 126 Å². The largest absolute Gasteiger partial charge is 0.481 e. The quantitative estimate of drug-likeness (QED) is 0.100. The summed E-state index contributed by atoms with van der Waals surface area (Å²) in [5.41, 5.74) is 34.4. The number of rotatable bonds is 18. The van der Waals surface area contributed by atoms with Crippen molar-refractivity contribution in [2.24, 2.45) is 94.7 Å². The summed E-state index contributed by atoms with van der Waals surface area (Å²) in [6, 6.07) is -0.928. The van der Waals surface area contributed by atoms with Crippen LogP contribution in [-0.2, 0) is 33.6 Å². The van der Waals surface area contributed by atoms with Crippen LogP contribution < -0.4 is 39.7 Å². The van der Waals surface area contributed by atoms with Crippen molar-refractivity contribution in [2.75, 3.05) is 0 Å². The van der Waals surface area contributed by atoms with E-state index in [0.29, 0.717) is 51.8 Å². The molecule has 5 heterocycles. The van der Waals surface area contributed by atoms with Gasteiger partial charge in [-0.25, -0.2) is 0 Å². The number of nitrogens with two attached hydrogens (primary N) is 6. The Kier molecular flexibility index (Phi) is 13.1. The van der Waals surface area contributed by atoms with E-state index in [4.69, 9.17) is 49.4 Å². The highest BCUT2D eigenvalue weighted by atomic mass is 16.4. The van der Waals surface area contributed by atoms with Crippen molar-refractivity contribution in [1.82, 2.24) is 5.32 Å². The van der Waals surface area contributed by atoms with E-state index in [2.05, 4.69) is 5.32 Å². The first-order valence-corrected chi connectivity index (χ1v) is 21.6. The molecule has 1 saturated heterocycles. The number of carboxylic acids is 1. The van der Waals surface area contributed by atoms with Gasteiger partial charge >= 0.3 is 5.97 Å². The fraction of sp³-hybridized carbons (Fsp3) is 0.644. The maximum absolute atomic E-state index is 13.4. The lowest BCUT2D eigenvalue weighted by molar-refractivity contribution is -0.137. The Morgan fingerprint density at radius 3 is 1.73 bits per heavy atom. The zero-order valence-corrected chi connectivity index (χ0v) is 37.9. The number of nitrogens with one attached hydrogen (secondary N) is 1. The molecular weight excluding hydrogens is 809 g/mol. The third-order valence-corrected chi connectivity index (χ3v) is 15.5. The SMILES string of the molecule is C/C1=C2N=C(/C=C3\N/C(=C(/C)C4=N[C@](C)(C5N=C1[C@](C)(CCC(=O)O)[C@H]5CC(N)=O)[C@@](C)(CC(N)=O)[C@@H]4CCC(N)=O)[C@@](C)(CC(N)=O)[C@@H]3CCC(N)=O)C(C)(C)[C@@H]/2CCC(N)=O. The van der Waals surface area contributed by atoms with E-state index in [-0.39, 0.29) is 64.2 Å². The molecule has 0 saturated carbocycles. The Labute approximate surface area is 368 Å². The second-order valence-corrected chi connectivity index (χ2v) is 19.9. The number of primary amides is 6. The van der Waals surface area contributed by atoms with E-state index in [0.717, 1.165) is 0 Å². The summed E-state index contributed by atoms with van der Waals surface area (Å²) >= 11 is 0. The molecule has 14 N–H and O–H groups in total. The molecule has 0 radical (unpaired) electrons.